The highest BCUT2D eigenvalue weighted by Gasteiger charge is 2.20. The molecule has 10 aromatic rings. The van der Waals surface area contributed by atoms with E-state index in [0.717, 1.165) is 61.1 Å². The van der Waals surface area contributed by atoms with Crippen molar-refractivity contribution < 1.29 is 4.42 Å². The lowest BCUT2D eigenvalue weighted by Crippen LogP contribution is -1.97. The van der Waals surface area contributed by atoms with Crippen LogP contribution in [0.15, 0.2) is 199 Å². The second-order valence-electron chi connectivity index (χ2n) is 13.4. The van der Waals surface area contributed by atoms with E-state index in [1.807, 2.05) is 36.4 Å². The fraction of sp³-hybridized carbons (Fsp3) is 0. The first-order valence-corrected chi connectivity index (χ1v) is 17.9. The molecule has 0 bridgehead atoms. The third kappa shape index (κ3) is 5.65. The van der Waals surface area contributed by atoms with Gasteiger partial charge in [0.05, 0.1) is 11.4 Å². The lowest BCUT2D eigenvalue weighted by Gasteiger charge is -2.12. The molecule has 0 fully saturated rings. The maximum absolute atomic E-state index is 6.69. The van der Waals surface area contributed by atoms with Gasteiger partial charge in [0, 0.05) is 33.0 Å². The molecule has 0 aliphatic rings. The molecule has 0 N–H and O–H groups in total. The second kappa shape index (κ2) is 12.9. The molecule has 2 heterocycles. The third-order valence-corrected chi connectivity index (χ3v) is 10.1. The van der Waals surface area contributed by atoms with E-state index in [2.05, 4.69) is 158 Å². The number of hydrogen-bond donors (Lipinski definition) is 0. The SMILES string of the molecule is c1ccc(-c2ccc(-c3cc(-c4ccccc4)nc(-c4ccc(-c5ccc(-c6ccc7ccccc7c6)cc5)c5oc6ccccc6c45)n3)cc2)cc1. The zero-order chi connectivity index (χ0) is 35.1. The summed E-state index contributed by atoms with van der Waals surface area (Å²) in [5, 5.41) is 4.52. The first kappa shape index (κ1) is 30.7. The van der Waals surface area contributed by atoms with E-state index in [0.29, 0.717) is 5.82 Å². The molecule has 0 aliphatic heterocycles. The van der Waals surface area contributed by atoms with Crippen molar-refractivity contribution in [2.24, 2.45) is 0 Å². The maximum Gasteiger partial charge on any atom is 0.161 e. The molecular formula is C50H32N2O. The van der Waals surface area contributed by atoms with Crippen LogP contribution >= 0.6 is 0 Å². The molecule has 53 heavy (non-hydrogen) atoms. The molecule has 0 saturated heterocycles. The number of furan rings is 1. The van der Waals surface area contributed by atoms with Crippen molar-refractivity contribution in [1.29, 1.82) is 0 Å². The van der Waals surface area contributed by atoms with Gasteiger partial charge in [0.2, 0.25) is 0 Å². The van der Waals surface area contributed by atoms with Crippen LogP contribution in [0, 0.1) is 0 Å². The maximum atomic E-state index is 6.69. The molecule has 0 spiro atoms. The van der Waals surface area contributed by atoms with Crippen molar-refractivity contribution in [3.05, 3.63) is 194 Å². The summed E-state index contributed by atoms with van der Waals surface area (Å²) >= 11 is 0. The largest absolute Gasteiger partial charge is 0.455 e. The van der Waals surface area contributed by atoms with Gasteiger partial charge in [0.15, 0.2) is 5.82 Å². The minimum atomic E-state index is 0.656. The Hall–Kier alpha value is -7.10. The first-order chi connectivity index (χ1) is 26.2. The van der Waals surface area contributed by atoms with E-state index >= 15 is 0 Å². The fourth-order valence-electron chi connectivity index (χ4n) is 7.39. The van der Waals surface area contributed by atoms with Crippen LogP contribution in [0.5, 0.6) is 0 Å². The Bertz CT molecular complexity index is 2910. The van der Waals surface area contributed by atoms with E-state index in [1.165, 1.54) is 33.0 Å². The number of fused-ring (bicyclic) bond motifs is 4. The zero-order valence-corrected chi connectivity index (χ0v) is 28.8. The average Bonchev–Trinajstić information content (AvgIpc) is 3.64. The number of hydrogen-bond acceptors (Lipinski definition) is 3. The molecule has 248 valence electrons. The summed E-state index contributed by atoms with van der Waals surface area (Å²) in [5.74, 6) is 0.656. The predicted octanol–water partition coefficient (Wildman–Crippen LogP) is 13.5. The standard InChI is InChI=1S/C50H32N2O/c1-3-11-33(12-4-1)35-21-26-39(27-22-35)46-32-45(38-14-5-2-6-15-38)51-50(52-46)44-30-29-42(49-48(44)43-17-9-10-18-47(43)53-49)37-24-19-36(20-25-37)41-28-23-34-13-7-8-16-40(34)31-41/h1-32H. The van der Waals surface area contributed by atoms with Gasteiger partial charge in [-0.15, -0.1) is 0 Å². The lowest BCUT2D eigenvalue weighted by molar-refractivity contribution is 0.670. The van der Waals surface area contributed by atoms with Crippen LogP contribution in [0.1, 0.15) is 0 Å². The Morgan fingerprint density at radius 3 is 1.58 bits per heavy atom. The summed E-state index contributed by atoms with van der Waals surface area (Å²) in [6.45, 7) is 0. The molecular weight excluding hydrogens is 645 g/mol. The van der Waals surface area contributed by atoms with Crippen molar-refractivity contribution in [3.63, 3.8) is 0 Å². The summed E-state index contributed by atoms with van der Waals surface area (Å²) in [4.78, 5) is 10.5. The van der Waals surface area contributed by atoms with Crippen molar-refractivity contribution in [1.82, 2.24) is 9.97 Å². The van der Waals surface area contributed by atoms with Crippen LogP contribution in [-0.2, 0) is 0 Å². The molecule has 0 aliphatic carbocycles. The summed E-state index contributed by atoms with van der Waals surface area (Å²) in [6.07, 6.45) is 0. The van der Waals surface area contributed by atoms with Gasteiger partial charge in [0.25, 0.3) is 0 Å². The monoisotopic (exact) mass is 676 g/mol. The molecule has 10 rings (SSSR count). The Balaban J connectivity index is 1.11. The summed E-state index contributed by atoms with van der Waals surface area (Å²) < 4.78 is 6.69. The molecule has 0 atom stereocenters. The van der Waals surface area contributed by atoms with Crippen LogP contribution in [0.2, 0.25) is 0 Å². The van der Waals surface area contributed by atoms with Crippen LogP contribution < -0.4 is 0 Å². The van der Waals surface area contributed by atoms with E-state index in [9.17, 15) is 0 Å². The van der Waals surface area contributed by atoms with E-state index in [1.54, 1.807) is 0 Å². The molecule has 0 radical (unpaired) electrons. The smallest absolute Gasteiger partial charge is 0.161 e. The van der Waals surface area contributed by atoms with E-state index in [4.69, 9.17) is 14.4 Å². The summed E-state index contributed by atoms with van der Waals surface area (Å²) in [6, 6.07) is 67.9. The summed E-state index contributed by atoms with van der Waals surface area (Å²) in [7, 11) is 0. The molecule has 3 nitrogen and oxygen atoms in total. The highest BCUT2D eigenvalue weighted by atomic mass is 16.3. The van der Waals surface area contributed by atoms with Crippen molar-refractivity contribution in [2.75, 3.05) is 0 Å². The van der Waals surface area contributed by atoms with Crippen LogP contribution in [-0.4, -0.2) is 9.97 Å². The van der Waals surface area contributed by atoms with Gasteiger partial charge in [-0.25, -0.2) is 9.97 Å². The molecule has 0 saturated carbocycles. The highest BCUT2D eigenvalue weighted by Crippen LogP contribution is 2.42. The summed E-state index contributed by atoms with van der Waals surface area (Å²) in [5.41, 5.74) is 13.2. The zero-order valence-electron chi connectivity index (χ0n) is 28.8. The van der Waals surface area contributed by atoms with Gasteiger partial charge in [-0.2, -0.15) is 0 Å². The number of nitrogens with zero attached hydrogens (tertiary/aromatic N) is 2. The van der Waals surface area contributed by atoms with E-state index < -0.39 is 0 Å². The minimum Gasteiger partial charge on any atom is -0.455 e. The van der Waals surface area contributed by atoms with E-state index in [-0.39, 0.29) is 0 Å². The van der Waals surface area contributed by atoms with Gasteiger partial charge in [-0.3, -0.25) is 0 Å². The highest BCUT2D eigenvalue weighted by molar-refractivity contribution is 6.15. The minimum absolute atomic E-state index is 0.656. The van der Waals surface area contributed by atoms with Crippen molar-refractivity contribution in [3.8, 4) is 67.3 Å². The first-order valence-electron chi connectivity index (χ1n) is 17.9. The predicted molar refractivity (Wildman–Crippen MR) is 219 cm³/mol. The third-order valence-electron chi connectivity index (χ3n) is 10.1. The number of rotatable bonds is 6. The van der Waals surface area contributed by atoms with Gasteiger partial charge in [-0.1, -0.05) is 164 Å². The molecule has 0 unspecified atom stereocenters. The number of aromatic nitrogens is 2. The Kier molecular flexibility index (Phi) is 7.47. The quantitative estimate of drug-likeness (QED) is 0.176. The van der Waals surface area contributed by atoms with Gasteiger partial charge in [-0.05, 0) is 68.9 Å². The van der Waals surface area contributed by atoms with Gasteiger partial charge < -0.3 is 4.42 Å². The van der Waals surface area contributed by atoms with Crippen molar-refractivity contribution >= 4 is 32.7 Å². The van der Waals surface area contributed by atoms with Crippen molar-refractivity contribution in [2.45, 2.75) is 0 Å². The Morgan fingerprint density at radius 1 is 0.340 bits per heavy atom. The molecule has 0 amide bonds. The van der Waals surface area contributed by atoms with Gasteiger partial charge in [0.1, 0.15) is 11.2 Å². The Labute approximate surface area is 307 Å². The number of para-hydroxylation sites is 1. The average molecular weight is 677 g/mol. The normalized spacial score (nSPS) is 11.4. The molecule has 3 heteroatoms. The lowest BCUT2D eigenvalue weighted by atomic mass is 9.95. The van der Waals surface area contributed by atoms with Crippen LogP contribution in [0.3, 0.4) is 0 Å². The number of benzene rings is 8. The van der Waals surface area contributed by atoms with Gasteiger partial charge >= 0.3 is 0 Å². The van der Waals surface area contributed by atoms with Crippen LogP contribution in [0.25, 0.3) is 100.0 Å². The fourth-order valence-corrected chi connectivity index (χ4v) is 7.39. The Morgan fingerprint density at radius 2 is 0.849 bits per heavy atom. The second-order valence-corrected chi connectivity index (χ2v) is 13.4. The van der Waals surface area contributed by atoms with Crippen LogP contribution in [0.4, 0.5) is 0 Å². The molecule has 8 aromatic carbocycles. The topological polar surface area (TPSA) is 38.9 Å². The molecule has 2 aromatic heterocycles.